The van der Waals surface area contributed by atoms with Gasteiger partial charge in [-0.1, -0.05) is 32.0 Å². The second-order valence-electron chi connectivity index (χ2n) is 5.93. The van der Waals surface area contributed by atoms with Crippen molar-refractivity contribution >= 4 is 28.4 Å². The van der Waals surface area contributed by atoms with E-state index in [1.807, 2.05) is 24.0 Å². The van der Waals surface area contributed by atoms with Crippen LogP contribution in [0.4, 0.5) is 5.69 Å². The van der Waals surface area contributed by atoms with Crippen LogP contribution >= 0.6 is 11.8 Å². The average molecular weight is 272 g/mol. The third-order valence-electron chi connectivity index (χ3n) is 4.05. The van der Waals surface area contributed by atoms with Crippen molar-refractivity contribution in [2.45, 2.75) is 26.3 Å². The number of pyridine rings is 1. The minimum atomic E-state index is 0.358. The Balaban J connectivity index is 1.84. The molecule has 1 atom stereocenters. The van der Waals surface area contributed by atoms with Crippen LogP contribution in [0.25, 0.3) is 10.9 Å². The summed E-state index contributed by atoms with van der Waals surface area (Å²) in [6, 6.07) is 11.0. The molecule has 19 heavy (non-hydrogen) atoms. The molecule has 2 nitrogen and oxygen atoms in total. The van der Waals surface area contributed by atoms with Crippen molar-refractivity contribution in [3.63, 3.8) is 0 Å². The molecule has 1 aromatic heterocycles. The molecule has 0 bridgehead atoms. The number of aromatic nitrogens is 1. The first-order valence-corrected chi connectivity index (χ1v) is 8.00. The predicted octanol–water partition coefficient (Wildman–Crippen LogP) is 4.18. The van der Waals surface area contributed by atoms with E-state index < -0.39 is 0 Å². The fourth-order valence-electron chi connectivity index (χ4n) is 2.52. The maximum absolute atomic E-state index is 4.53. The zero-order chi connectivity index (χ0) is 13.3. The van der Waals surface area contributed by atoms with Crippen molar-refractivity contribution in [3.05, 3.63) is 36.5 Å². The largest absolute Gasteiger partial charge is 0.380 e. The fraction of sp³-hybridized carbons (Fsp3) is 0.438. The Hall–Kier alpha value is -1.22. The van der Waals surface area contributed by atoms with E-state index in [0.717, 1.165) is 11.2 Å². The van der Waals surface area contributed by atoms with Gasteiger partial charge in [-0.05, 0) is 29.7 Å². The molecule has 0 radical (unpaired) electrons. The number of nitrogens with one attached hydrogen (secondary N) is 1. The van der Waals surface area contributed by atoms with Crippen LogP contribution in [0.1, 0.15) is 20.3 Å². The molecular weight excluding hydrogens is 252 g/mol. The van der Waals surface area contributed by atoms with Crippen LogP contribution in [0, 0.1) is 5.41 Å². The molecular formula is C16H20N2S. The van der Waals surface area contributed by atoms with Crippen LogP contribution < -0.4 is 5.32 Å². The van der Waals surface area contributed by atoms with Gasteiger partial charge >= 0.3 is 0 Å². The lowest BCUT2D eigenvalue weighted by Gasteiger charge is -2.39. The number of anilines is 1. The normalized spacial score (nSPS) is 22.3. The lowest BCUT2D eigenvalue weighted by molar-refractivity contribution is 0.305. The van der Waals surface area contributed by atoms with E-state index in [1.165, 1.54) is 23.3 Å². The van der Waals surface area contributed by atoms with E-state index in [9.17, 15) is 0 Å². The number of para-hydroxylation sites is 1. The smallest absolute Gasteiger partial charge is 0.0703 e. The van der Waals surface area contributed by atoms with E-state index in [-0.39, 0.29) is 0 Å². The Bertz CT molecular complexity index is 580. The maximum atomic E-state index is 4.53. The van der Waals surface area contributed by atoms with Crippen LogP contribution in [0.5, 0.6) is 0 Å². The number of rotatable bonds is 2. The highest BCUT2D eigenvalue weighted by molar-refractivity contribution is 7.99. The molecule has 1 aliphatic rings. The van der Waals surface area contributed by atoms with Gasteiger partial charge < -0.3 is 5.32 Å². The standard InChI is InChI=1S/C16H20N2S/c1-16(2)7-8-19-11-15(16)18-13-9-12-5-3-4-6-14(12)17-10-13/h3-6,9-10,15,18H,7-8,11H2,1-2H3. The number of hydrogen-bond donors (Lipinski definition) is 1. The second-order valence-corrected chi connectivity index (χ2v) is 7.08. The Morgan fingerprint density at radius 2 is 2.16 bits per heavy atom. The van der Waals surface area contributed by atoms with Gasteiger partial charge in [-0.2, -0.15) is 11.8 Å². The molecule has 0 amide bonds. The molecule has 1 saturated heterocycles. The molecule has 2 aromatic rings. The van der Waals surface area contributed by atoms with Crippen molar-refractivity contribution in [1.82, 2.24) is 4.98 Å². The Morgan fingerprint density at radius 3 is 3.00 bits per heavy atom. The van der Waals surface area contributed by atoms with Gasteiger partial charge in [0.1, 0.15) is 0 Å². The van der Waals surface area contributed by atoms with Crippen molar-refractivity contribution in [3.8, 4) is 0 Å². The van der Waals surface area contributed by atoms with Crippen molar-refractivity contribution in [2.75, 3.05) is 16.8 Å². The molecule has 0 aliphatic carbocycles. The first kappa shape index (κ1) is 12.8. The molecule has 1 aliphatic heterocycles. The van der Waals surface area contributed by atoms with Gasteiger partial charge in [-0.3, -0.25) is 4.98 Å². The SMILES string of the molecule is CC1(C)CCSCC1Nc1cnc2ccccc2c1. The summed E-state index contributed by atoms with van der Waals surface area (Å²) in [6.45, 7) is 4.72. The summed E-state index contributed by atoms with van der Waals surface area (Å²) in [7, 11) is 0. The van der Waals surface area contributed by atoms with E-state index in [4.69, 9.17) is 0 Å². The van der Waals surface area contributed by atoms with Crippen LogP contribution in [-0.2, 0) is 0 Å². The van der Waals surface area contributed by atoms with Gasteiger partial charge in [0.05, 0.1) is 17.4 Å². The molecule has 3 rings (SSSR count). The average Bonchev–Trinajstić information content (AvgIpc) is 2.41. The topological polar surface area (TPSA) is 24.9 Å². The second kappa shape index (κ2) is 5.04. The predicted molar refractivity (Wildman–Crippen MR) is 84.9 cm³/mol. The lowest BCUT2D eigenvalue weighted by Crippen LogP contribution is -2.41. The fourth-order valence-corrected chi connectivity index (χ4v) is 4.13. The van der Waals surface area contributed by atoms with E-state index in [2.05, 4.69) is 48.4 Å². The molecule has 2 heterocycles. The summed E-state index contributed by atoms with van der Waals surface area (Å²) in [4.78, 5) is 4.53. The summed E-state index contributed by atoms with van der Waals surface area (Å²) in [5, 5.41) is 4.88. The molecule has 1 fully saturated rings. The van der Waals surface area contributed by atoms with E-state index >= 15 is 0 Å². The highest BCUT2D eigenvalue weighted by atomic mass is 32.2. The molecule has 0 spiro atoms. The minimum absolute atomic E-state index is 0.358. The summed E-state index contributed by atoms with van der Waals surface area (Å²) >= 11 is 2.05. The maximum Gasteiger partial charge on any atom is 0.0703 e. The van der Waals surface area contributed by atoms with Crippen LogP contribution in [0.15, 0.2) is 36.5 Å². The van der Waals surface area contributed by atoms with Gasteiger partial charge in [0.2, 0.25) is 0 Å². The zero-order valence-electron chi connectivity index (χ0n) is 11.5. The van der Waals surface area contributed by atoms with Crippen LogP contribution in [-0.4, -0.2) is 22.5 Å². The third-order valence-corrected chi connectivity index (χ3v) is 5.11. The number of fused-ring (bicyclic) bond motifs is 1. The monoisotopic (exact) mass is 272 g/mol. The van der Waals surface area contributed by atoms with Gasteiger partial charge in [0.25, 0.3) is 0 Å². The highest BCUT2D eigenvalue weighted by Crippen LogP contribution is 2.36. The van der Waals surface area contributed by atoms with E-state index in [0.29, 0.717) is 11.5 Å². The van der Waals surface area contributed by atoms with Gasteiger partial charge in [0, 0.05) is 17.2 Å². The molecule has 1 aromatic carbocycles. The molecule has 3 heteroatoms. The molecule has 1 N–H and O–H groups in total. The summed E-state index contributed by atoms with van der Waals surface area (Å²) in [5.41, 5.74) is 2.56. The van der Waals surface area contributed by atoms with Gasteiger partial charge in [-0.15, -0.1) is 0 Å². The van der Waals surface area contributed by atoms with Crippen LogP contribution in [0.2, 0.25) is 0 Å². The molecule has 1 unspecified atom stereocenters. The first-order valence-electron chi connectivity index (χ1n) is 6.84. The molecule has 100 valence electrons. The number of benzene rings is 1. The Kier molecular flexibility index (Phi) is 3.40. The first-order chi connectivity index (χ1) is 9.15. The third kappa shape index (κ3) is 2.71. The summed E-state index contributed by atoms with van der Waals surface area (Å²) in [5.74, 6) is 2.46. The van der Waals surface area contributed by atoms with Gasteiger partial charge in [0.15, 0.2) is 0 Å². The number of nitrogens with zero attached hydrogens (tertiary/aromatic N) is 1. The Labute approximate surface area is 119 Å². The Morgan fingerprint density at radius 1 is 1.32 bits per heavy atom. The lowest BCUT2D eigenvalue weighted by atomic mass is 9.82. The quantitative estimate of drug-likeness (QED) is 0.888. The van der Waals surface area contributed by atoms with Crippen LogP contribution in [0.3, 0.4) is 0 Å². The van der Waals surface area contributed by atoms with E-state index in [1.54, 1.807) is 0 Å². The number of thioether (sulfide) groups is 1. The molecule has 0 saturated carbocycles. The summed E-state index contributed by atoms with van der Waals surface area (Å²) in [6.07, 6.45) is 3.23. The van der Waals surface area contributed by atoms with Crippen molar-refractivity contribution in [2.24, 2.45) is 5.41 Å². The number of hydrogen-bond acceptors (Lipinski definition) is 3. The summed E-state index contributed by atoms with van der Waals surface area (Å²) < 4.78 is 0. The highest BCUT2D eigenvalue weighted by Gasteiger charge is 2.32. The van der Waals surface area contributed by atoms with Crippen molar-refractivity contribution < 1.29 is 0 Å². The minimum Gasteiger partial charge on any atom is -0.380 e. The zero-order valence-corrected chi connectivity index (χ0v) is 12.3. The van der Waals surface area contributed by atoms with Crippen molar-refractivity contribution in [1.29, 1.82) is 0 Å². The van der Waals surface area contributed by atoms with Gasteiger partial charge in [-0.25, -0.2) is 0 Å².